The van der Waals surface area contributed by atoms with Gasteiger partial charge in [-0.2, -0.15) is 0 Å². The van der Waals surface area contributed by atoms with Crippen molar-refractivity contribution in [3.05, 3.63) is 126 Å². The van der Waals surface area contributed by atoms with Crippen molar-refractivity contribution in [1.82, 2.24) is 4.98 Å². The monoisotopic (exact) mass is 513 g/mol. The highest BCUT2D eigenvalue weighted by Gasteiger charge is 2.20. The summed E-state index contributed by atoms with van der Waals surface area (Å²) in [5.74, 6) is 0.658. The number of hydrogen-bond acceptors (Lipinski definition) is 2. The minimum Gasteiger partial charge on any atom is -0.436 e. The van der Waals surface area contributed by atoms with Gasteiger partial charge in [0, 0.05) is 5.56 Å². The van der Waals surface area contributed by atoms with E-state index in [1.54, 1.807) is 0 Å². The van der Waals surface area contributed by atoms with Gasteiger partial charge in [0.25, 0.3) is 0 Å². The van der Waals surface area contributed by atoms with Crippen molar-refractivity contribution >= 4 is 43.4 Å². The second-order valence-electron chi connectivity index (χ2n) is 11.1. The Labute approximate surface area is 232 Å². The Morgan fingerprint density at radius 1 is 0.475 bits per heavy atom. The molecule has 0 radical (unpaired) electrons. The highest BCUT2D eigenvalue weighted by atomic mass is 16.3. The lowest BCUT2D eigenvalue weighted by Crippen LogP contribution is -1.92. The molecule has 0 aliphatic heterocycles. The highest BCUT2D eigenvalue weighted by molar-refractivity contribution is 6.29. The van der Waals surface area contributed by atoms with Crippen LogP contribution in [0.5, 0.6) is 0 Å². The van der Waals surface area contributed by atoms with Crippen molar-refractivity contribution in [2.24, 2.45) is 0 Å². The predicted octanol–water partition coefficient (Wildman–Crippen LogP) is 10.7. The molecule has 8 rings (SSSR count). The highest BCUT2D eigenvalue weighted by Crippen LogP contribution is 2.46. The SMILES string of the molecule is Cc1ccc(-c2ccc3ccc4c(-c5ccc(C)cc5)cc(-c5nc6cc(C)ccc6o5)c5ccc2c3c45)cc1. The summed E-state index contributed by atoms with van der Waals surface area (Å²) in [6.07, 6.45) is 0. The van der Waals surface area contributed by atoms with Crippen LogP contribution in [-0.2, 0) is 0 Å². The number of benzene rings is 7. The first kappa shape index (κ1) is 23.0. The topological polar surface area (TPSA) is 26.0 Å². The molecule has 0 saturated carbocycles. The standard InChI is InChI=1S/C38H27NO/c1-22-4-9-25(10-5-22)28-15-13-27-14-16-30-32(26-11-6-23(2)7-12-26)21-33(31-18-17-29(28)36(27)37(30)31)38-39-34-20-24(3)8-19-35(34)40-38/h4-21H,1-3H3. The molecule has 0 aliphatic rings. The Hall–Kier alpha value is -4.95. The van der Waals surface area contributed by atoms with Crippen LogP contribution in [0.1, 0.15) is 16.7 Å². The molecule has 0 bridgehead atoms. The van der Waals surface area contributed by atoms with Crippen LogP contribution >= 0.6 is 0 Å². The Balaban J connectivity index is 1.51. The van der Waals surface area contributed by atoms with E-state index in [1.807, 2.05) is 6.07 Å². The van der Waals surface area contributed by atoms with E-state index < -0.39 is 0 Å². The quantitative estimate of drug-likeness (QED) is 0.220. The van der Waals surface area contributed by atoms with E-state index in [0.29, 0.717) is 5.89 Å². The first-order valence-electron chi connectivity index (χ1n) is 13.8. The summed E-state index contributed by atoms with van der Waals surface area (Å²) in [7, 11) is 0. The van der Waals surface area contributed by atoms with Crippen molar-refractivity contribution in [3.63, 3.8) is 0 Å². The van der Waals surface area contributed by atoms with Gasteiger partial charge < -0.3 is 4.42 Å². The largest absolute Gasteiger partial charge is 0.436 e. The van der Waals surface area contributed by atoms with E-state index in [0.717, 1.165) is 22.0 Å². The van der Waals surface area contributed by atoms with E-state index in [-0.39, 0.29) is 0 Å². The number of oxazole rings is 1. The Morgan fingerprint density at radius 2 is 1.05 bits per heavy atom. The number of aromatic nitrogens is 1. The minimum absolute atomic E-state index is 0.658. The fourth-order valence-electron chi connectivity index (χ4n) is 6.18. The molecule has 2 nitrogen and oxygen atoms in total. The number of fused-ring (bicyclic) bond motifs is 1. The Kier molecular flexibility index (Phi) is 4.90. The van der Waals surface area contributed by atoms with E-state index in [2.05, 4.69) is 124 Å². The van der Waals surface area contributed by atoms with Gasteiger partial charge in [-0.15, -0.1) is 0 Å². The molecule has 2 heteroatoms. The maximum atomic E-state index is 6.40. The van der Waals surface area contributed by atoms with E-state index >= 15 is 0 Å². The average molecular weight is 514 g/mol. The molecule has 40 heavy (non-hydrogen) atoms. The molecule has 0 atom stereocenters. The lowest BCUT2D eigenvalue weighted by Gasteiger charge is -2.18. The Morgan fingerprint density at radius 3 is 1.77 bits per heavy atom. The molecule has 0 spiro atoms. The zero-order valence-electron chi connectivity index (χ0n) is 22.7. The third-order valence-electron chi connectivity index (χ3n) is 8.28. The van der Waals surface area contributed by atoms with Crippen LogP contribution in [0.3, 0.4) is 0 Å². The molecule has 0 saturated heterocycles. The number of hydrogen-bond donors (Lipinski definition) is 0. The summed E-state index contributed by atoms with van der Waals surface area (Å²) in [6, 6.07) is 39.7. The molecule has 1 heterocycles. The summed E-state index contributed by atoms with van der Waals surface area (Å²) in [6.45, 7) is 6.35. The second kappa shape index (κ2) is 8.53. The number of nitrogens with zero attached hydrogens (tertiary/aromatic N) is 1. The van der Waals surface area contributed by atoms with Gasteiger partial charge >= 0.3 is 0 Å². The van der Waals surface area contributed by atoms with Crippen LogP contribution in [0, 0.1) is 20.8 Å². The van der Waals surface area contributed by atoms with Crippen molar-refractivity contribution < 1.29 is 4.42 Å². The van der Waals surface area contributed by atoms with Gasteiger partial charge in [0.05, 0.1) is 0 Å². The molecule has 0 N–H and O–H groups in total. The summed E-state index contributed by atoms with van der Waals surface area (Å²) >= 11 is 0. The van der Waals surface area contributed by atoms with Gasteiger partial charge in [-0.3, -0.25) is 0 Å². The van der Waals surface area contributed by atoms with Gasteiger partial charge in [0.2, 0.25) is 5.89 Å². The fourth-order valence-corrected chi connectivity index (χ4v) is 6.18. The van der Waals surface area contributed by atoms with E-state index in [9.17, 15) is 0 Å². The van der Waals surface area contributed by atoms with Gasteiger partial charge in [-0.1, -0.05) is 102 Å². The van der Waals surface area contributed by atoms with Crippen LogP contribution in [0.15, 0.2) is 114 Å². The number of aryl methyl sites for hydroxylation is 3. The van der Waals surface area contributed by atoms with Crippen LogP contribution in [-0.4, -0.2) is 4.98 Å². The molecule has 8 aromatic rings. The molecule has 190 valence electrons. The molecule has 0 fully saturated rings. The van der Waals surface area contributed by atoms with E-state index in [4.69, 9.17) is 9.40 Å². The van der Waals surface area contributed by atoms with Crippen LogP contribution in [0.25, 0.3) is 77.1 Å². The lowest BCUT2D eigenvalue weighted by molar-refractivity contribution is 0.620. The van der Waals surface area contributed by atoms with Gasteiger partial charge in [-0.25, -0.2) is 4.98 Å². The Bertz CT molecular complexity index is 2220. The number of rotatable bonds is 3. The van der Waals surface area contributed by atoms with Crippen molar-refractivity contribution in [1.29, 1.82) is 0 Å². The van der Waals surface area contributed by atoms with Crippen molar-refractivity contribution in [2.75, 3.05) is 0 Å². The first-order valence-corrected chi connectivity index (χ1v) is 13.8. The molecule has 0 unspecified atom stereocenters. The fraction of sp³-hybridized carbons (Fsp3) is 0.0789. The lowest BCUT2D eigenvalue weighted by atomic mass is 9.85. The van der Waals surface area contributed by atoms with Crippen LogP contribution in [0.4, 0.5) is 0 Å². The van der Waals surface area contributed by atoms with E-state index in [1.165, 1.54) is 65.9 Å². The molecule has 0 amide bonds. The minimum atomic E-state index is 0.658. The summed E-state index contributed by atoms with van der Waals surface area (Å²) in [5, 5.41) is 7.46. The summed E-state index contributed by atoms with van der Waals surface area (Å²) < 4.78 is 6.40. The maximum absolute atomic E-state index is 6.40. The van der Waals surface area contributed by atoms with Gasteiger partial charge in [-0.05, 0) is 99.1 Å². The summed E-state index contributed by atoms with van der Waals surface area (Å²) in [4.78, 5) is 4.98. The first-order chi connectivity index (χ1) is 19.5. The molecular weight excluding hydrogens is 486 g/mol. The van der Waals surface area contributed by atoms with Crippen molar-refractivity contribution in [2.45, 2.75) is 20.8 Å². The average Bonchev–Trinajstić information content (AvgIpc) is 3.39. The zero-order valence-corrected chi connectivity index (χ0v) is 22.7. The third-order valence-corrected chi connectivity index (χ3v) is 8.28. The summed E-state index contributed by atoms with van der Waals surface area (Å²) in [5.41, 5.74) is 11.3. The zero-order chi connectivity index (χ0) is 27.0. The molecule has 0 aliphatic carbocycles. The molecular formula is C38H27NO. The smallest absolute Gasteiger partial charge is 0.227 e. The third kappa shape index (κ3) is 3.46. The van der Waals surface area contributed by atoms with Gasteiger partial charge in [0.15, 0.2) is 5.58 Å². The maximum Gasteiger partial charge on any atom is 0.227 e. The van der Waals surface area contributed by atoms with Gasteiger partial charge in [0.1, 0.15) is 5.52 Å². The normalized spacial score (nSPS) is 11.9. The second-order valence-corrected chi connectivity index (χ2v) is 11.1. The van der Waals surface area contributed by atoms with Crippen LogP contribution < -0.4 is 0 Å². The van der Waals surface area contributed by atoms with Crippen LogP contribution in [0.2, 0.25) is 0 Å². The molecule has 1 aromatic heterocycles. The predicted molar refractivity (Wildman–Crippen MR) is 168 cm³/mol. The molecule has 7 aromatic carbocycles. The van der Waals surface area contributed by atoms with Crippen molar-refractivity contribution in [3.8, 4) is 33.7 Å².